The predicted octanol–water partition coefficient (Wildman–Crippen LogP) is 0.992. The number of amides is 1. The fraction of sp³-hybridized carbons (Fsp3) is 0.455. The van der Waals surface area contributed by atoms with Gasteiger partial charge in [0.1, 0.15) is 12.4 Å². The number of nitrogens with one attached hydrogen (secondary N) is 1. The standard InChI is InChI=1S/C11H15N3O2/c1-3-4-8-5-9-10(15)12-7-13-11(16-2)14(9)6-8/h5-6H,3-4,7H2,1-2H3,(H,12,15). The van der Waals surface area contributed by atoms with Crippen LogP contribution in [0.2, 0.25) is 0 Å². The van der Waals surface area contributed by atoms with Crippen molar-refractivity contribution < 1.29 is 9.53 Å². The molecule has 5 nitrogen and oxygen atoms in total. The van der Waals surface area contributed by atoms with Gasteiger partial charge in [0.05, 0.1) is 7.11 Å². The Morgan fingerprint density at radius 1 is 1.62 bits per heavy atom. The van der Waals surface area contributed by atoms with Crippen LogP contribution < -0.4 is 5.32 Å². The Morgan fingerprint density at radius 2 is 2.44 bits per heavy atom. The van der Waals surface area contributed by atoms with Crippen molar-refractivity contribution in [3.63, 3.8) is 0 Å². The molecule has 0 spiro atoms. The van der Waals surface area contributed by atoms with Crippen molar-refractivity contribution in [2.75, 3.05) is 13.8 Å². The third-order valence-electron chi connectivity index (χ3n) is 2.49. The van der Waals surface area contributed by atoms with Gasteiger partial charge in [-0.15, -0.1) is 0 Å². The Kier molecular flexibility index (Phi) is 2.94. The van der Waals surface area contributed by atoms with Gasteiger partial charge in [-0.3, -0.25) is 9.36 Å². The fourth-order valence-corrected chi connectivity index (χ4v) is 1.78. The van der Waals surface area contributed by atoms with E-state index in [1.54, 1.807) is 11.7 Å². The molecule has 1 aliphatic heterocycles. The predicted molar refractivity (Wildman–Crippen MR) is 60.6 cm³/mol. The number of methoxy groups -OCH3 is 1. The Balaban J connectivity index is 2.44. The van der Waals surface area contributed by atoms with E-state index in [9.17, 15) is 4.79 Å². The minimum Gasteiger partial charge on any atom is -0.468 e. The maximum absolute atomic E-state index is 11.7. The average molecular weight is 221 g/mol. The number of fused-ring (bicyclic) bond motifs is 1. The summed E-state index contributed by atoms with van der Waals surface area (Å²) in [5, 5.41) is 2.69. The zero-order valence-electron chi connectivity index (χ0n) is 9.49. The Hall–Kier alpha value is -1.78. The Bertz CT molecular complexity index is 434. The van der Waals surface area contributed by atoms with Crippen LogP contribution in [0.25, 0.3) is 0 Å². The number of carbonyl (C=O) groups is 1. The van der Waals surface area contributed by atoms with E-state index in [0.717, 1.165) is 18.4 Å². The first kappa shape index (κ1) is 10.7. The second-order valence-corrected chi connectivity index (χ2v) is 3.66. The molecule has 0 saturated heterocycles. The summed E-state index contributed by atoms with van der Waals surface area (Å²) in [6.45, 7) is 2.36. The van der Waals surface area contributed by atoms with Crippen molar-refractivity contribution in [3.05, 3.63) is 23.5 Å². The summed E-state index contributed by atoms with van der Waals surface area (Å²) < 4.78 is 6.86. The lowest BCUT2D eigenvalue weighted by Crippen LogP contribution is -2.23. The highest BCUT2D eigenvalue weighted by Gasteiger charge is 2.19. The topological polar surface area (TPSA) is 55.6 Å². The van der Waals surface area contributed by atoms with Gasteiger partial charge in [-0.2, -0.15) is 0 Å². The Morgan fingerprint density at radius 3 is 3.12 bits per heavy atom. The van der Waals surface area contributed by atoms with Gasteiger partial charge in [0.25, 0.3) is 11.9 Å². The molecule has 1 aromatic rings. The van der Waals surface area contributed by atoms with Gasteiger partial charge in [-0.25, -0.2) is 4.99 Å². The highest BCUT2D eigenvalue weighted by Crippen LogP contribution is 2.13. The lowest BCUT2D eigenvalue weighted by molar-refractivity contribution is 0.0950. The molecule has 2 rings (SSSR count). The third-order valence-corrected chi connectivity index (χ3v) is 2.49. The monoisotopic (exact) mass is 221 g/mol. The van der Waals surface area contributed by atoms with Gasteiger partial charge in [-0.05, 0) is 18.1 Å². The zero-order valence-corrected chi connectivity index (χ0v) is 9.49. The molecule has 1 aromatic heterocycles. The summed E-state index contributed by atoms with van der Waals surface area (Å²) >= 11 is 0. The van der Waals surface area contributed by atoms with Gasteiger partial charge in [0.15, 0.2) is 0 Å². The van der Waals surface area contributed by atoms with E-state index in [0.29, 0.717) is 11.7 Å². The molecule has 16 heavy (non-hydrogen) atoms. The van der Waals surface area contributed by atoms with Gasteiger partial charge in [-0.1, -0.05) is 13.3 Å². The minimum absolute atomic E-state index is 0.113. The number of hydrogen-bond donors (Lipinski definition) is 1. The van der Waals surface area contributed by atoms with Crippen LogP contribution in [0.5, 0.6) is 0 Å². The van der Waals surface area contributed by atoms with E-state index in [-0.39, 0.29) is 12.6 Å². The molecule has 1 amide bonds. The lowest BCUT2D eigenvalue weighted by atomic mass is 10.2. The SMILES string of the molecule is CCCc1cc2n(c1)C(OC)=NCNC2=O. The van der Waals surface area contributed by atoms with Crippen molar-refractivity contribution in [1.29, 1.82) is 0 Å². The van der Waals surface area contributed by atoms with Crippen LogP contribution in [0.3, 0.4) is 0 Å². The number of nitrogens with zero attached hydrogens (tertiary/aromatic N) is 2. The largest absolute Gasteiger partial charge is 0.468 e. The smallest absolute Gasteiger partial charge is 0.297 e. The molecule has 0 bridgehead atoms. The van der Waals surface area contributed by atoms with E-state index < -0.39 is 0 Å². The second kappa shape index (κ2) is 4.38. The molecular formula is C11H15N3O2. The first-order valence-corrected chi connectivity index (χ1v) is 5.34. The lowest BCUT2D eigenvalue weighted by Gasteiger charge is -2.05. The van der Waals surface area contributed by atoms with E-state index in [1.807, 2.05) is 12.3 Å². The molecule has 0 fully saturated rings. The summed E-state index contributed by atoms with van der Waals surface area (Å²) in [4.78, 5) is 15.9. The van der Waals surface area contributed by atoms with E-state index >= 15 is 0 Å². The molecule has 1 aliphatic rings. The fourth-order valence-electron chi connectivity index (χ4n) is 1.78. The van der Waals surface area contributed by atoms with E-state index in [1.165, 1.54) is 0 Å². The first-order valence-electron chi connectivity index (χ1n) is 5.34. The third kappa shape index (κ3) is 1.80. The van der Waals surface area contributed by atoms with Crippen molar-refractivity contribution >= 4 is 11.9 Å². The maximum Gasteiger partial charge on any atom is 0.297 e. The number of aryl methyl sites for hydroxylation is 1. The highest BCUT2D eigenvalue weighted by atomic mass is 16.5. The molecule has 0 radical (unpaired) electrons. The summed E-state index contributed by atoms with van der Waals surface area (Å²) in [6, 6.07) is 2.34. The average Bonchev–Trinajstić information content (AvgIpc) is 2.63. The molecule has 86 valence electrons. The van der Waals surface area contributed by atoms with Crippen LogP contribution in [0, 0.1) is 0 Å². The molecule has 0 unspecified atom stereocenters. The van der Waals surface area contributed by atoms with Gasteiger partial charge < -0.3 is 10.1 Å². The van der Waals surface area contributed by atoms with Crippen LogP contribution in [0.15, 0.2) is 17.3 Å². The second-order valence-electron chi connectivity index (χ2n) is 3.66. The molecule has 5 heteroatoms. The first-order chi connectivity index (χ1) is 7.76. The van der Waals surface area contributed by atoms with Crippen LogP contribution in [-0.4, -0.2) is 30.3 Å². The number of rotatable bonds is 2. The number of hydrogen-bond acceptors (Lipinski definition) is 3. The van der Waals surface area contributed by atoms with E-state index in [2.05, 4.69) is 17.2 Å². The summed E-state index contributed by atoms with van der Waals surface area (Å²) in [6.07, 6.45) is 3.90. The molecule has 1 N–H and O–H groups in total. The van der Waals surface area contributed by atoms with Crippen molar-refractivity contribution in [1.82, 2.24) is 9.88 Å². The normalized spacial score (nSPS) is 14.9. The molecule has 0 aromatic carbocycles. The molecule has 0 atom stereocenters. The number of aliphatic imine (C=N–C) groups is 1. The van der Waals surface area contributed by atoms with Gasteiger partial charge >= 0.3 is 0 Å². The summed E-state index contributed by atoms with van der Waals surface area (Å²) in [5.74, 6) is -0.113. The van der Waals surface area contributed by atoms with Crippen LogP contribution in [0.1, 0.15) is 29.4 Å². The van der Waals surface area contributed by atoms with Crippen LogP contribution >= 0.6 is 0 Å². The maximum atomic E-state index is 11.7. The Labute approximate surface area is 94.1 Å². The number of ether oxygens (including phenoxy) is 1. The van der Waals surface area contributed by atoms with Crippen LogP contribution in [0.4, 0.5) is 0 Å². The quantitative estimate of drug-likeness (QED) is 0.809. The number of aromatic nitrogens is 1. The van der Waals surface area contributed by atoms with Crippen molar-refractivity contribution in [2.45, 2.75) is 19.8 Å². The van der Waals surface area contributed by atoms with E-state index in [4.69, 9.17) is 4.74 Å². The molecular weight excluding hydrogens is 206 g/mol. The molecule has 0 saturated carbocycles. The number of carbonyl (C=O) groups excluding carboxylic acids is 1. The molecule has 2 heterocycles. The molecule has 0 aliphatic carbocycles. The van der Waals surface area contributed by atoms with Crippen molar-refractivity contribution in [3.8, 4) is 0 Å². The zero-order chi connectivity index (χ0) is 11.5. The summed E-state index contributed by atoms with van der Waals surface area (Å²) in [5.41, 5.74) is 1.71. The van der Waals surface area contributed by atoms with Gasteiger partial charge in [0, 0.05) is 6.20 Å². The summed E-state index contributed by atoms with van der Waals surface area (Å²) in [7, 11) is 1.55. The van der Waals surface area contributed by atoms with Crippen LogP contribution in [-0.2, 0) is 11.2 Å². The minimum atomic E-state index is -0.113. The van der Waals surface area contributed by atoms with Crippen molar-refractivity contribution in [2.24, 2.45) is 4.99 Å². The highest BCUT2D eigenvalue weighted by molar-refractivity contribution is 5.98. The van der Waals surface area contributed by atoms with Gasteiger partial charge in [0.2, 0.25) is 0 Å².